The molecule has 0 aliphatic carbocycles. The number of rotatable bonds is 4. The first-order valence-electron chi connectivity index (χ1n) is 9.78. The third-order valence-electron chi connectivity index (χ3n) is 5.46. The van der Waals surface area contributed by atoms with Crippen molar-refractivity contribution in [2.75, 3.05) is 18.4 Å². The number of likely N-dealkylation sites (tertiary alicyclic amines) is 1. The summed E-state index contributed by atoms with van der Waals surface area (Å²) in [5.41, 5.74) is 3.95. The van der Waals surface area contributed by atoms with Crippen LogP contribution in [0.25, 0.3) is 5.69 Å². The molecule has 0 atom stereocenters. The van der Waals surface area contributed by atoms with Crippen LogP contribution in [-0.4, -0.2) is 39.6 Å². The third kappa shape index (κ3) is 3.81. The highest BCUT2D eigenvalue weighted by atomic mass is 16.3. The van der Waals surface area contributed by atoms with E-state index in [-0.39, 0.29) is 17.7 Å². The predicted molar refractivity (Wildman–Crippen MR) is 109 cm³/mol. The average Bonchev–Trinajstić information content (AvgIpc) is 3.38. The van der Waals surface area contributed by atoms with Crippen LogP contribution in [0.3, 0.4) is 0 Å². The number of amides is 2. The van der Waals surface area contributed by atoms with Crippen molar-refractivity contribution in [2.45, 2.75) is 26.7 Å². The minimum absolute atomic E-state index is 0.0146. The molecule has 150 valence electrons. The number of carbonyl (C=O) groups excluding carboxylic acids is 2. The second-order valence-corrected chi connectivity index (χ2v) is 7.36. The van der Waals surface area contributed by atoms with Gasteiger partial charge in [0.2, 0.25) is 5.91 Å². The summed E-state index contributed by atoms with van der Waals surface area (Å²) in [6, 6.07) is 11.5. The third-order valence-corrected chi connectivity index (χ3v) is 5.46. The number of carbonyl (C=O) groups is 2. The molecule has 7 nitrogen and oxygen atoms in total. The zero-order valence-electron chi connectivity index (χ0n) is 16.6. The van der Waals surface area contributed by atoms with E-state index in [1.165, 1.54) is 12.5 Å². The molecule has 1 aliphatic rings. The van der Waals surface area contributed by atoms with Gasteiger partial charge in [-0.2, -0.15) is 5.10 Å². The summed E-state index contributed by atoms with van der Waals surface area (Å²) in [5.74, 6) is -0.185. The SMILES string of the molecule is Cc1nn(-c2ccccc2)c(C)c1NC(=O)C1CCN(C(=O)c2ccoc2)CC1. The minimum Gasteiger partial charge on any atom is -0.472 e. The molecule has 0 radical (unpaired) electrons. The van der Waals surface area contributed by atoms with Crippen LogP contribution in [0.15, 0.2) is 53.3 Å². The van der Waals surface area contributed by atoms with E-state index in [4.69, 9.17) is 4.42 Å². The summed E-state index contributed by atoms with van der Waals surface area (Å²) in [4.78, 5) is 27.0. The highest BCUT2D eigenvalue weighted by molar-refractivity contribution is 5.95. The fourth-order valence-electron chi connectivity index (χ4n) is 3.78. The largest absolute Gasteiger partial charge is 0.472 e. The standard InChI is InChI=1S/C22H24N4O3/c1-15-20(16(2)26(24-15)19-6-4-3-5-7-19)23-21(27)17-8-11-25(12-9-17)22(28)18-10-13-29-14-18/h3-7,10,13-14,17H,8-9,11-12H2,1-2H3,(H,23,27). The molecule has 1 aliphatic heterocycles. The van der Waals surface area contributed by atoms with Crippen LogP contribution in [0.5, 0.6) is 0 Å². The van der Waals surface area contributed by atoms with E-state index in [1.807, 2.05) is 48.9 Å². The summed E-state index contributed by atoms with van der Waals surface area (Å²) < 4.78 is 6.83. The number of para-hydroxylation sites is 1. The smallest absolute Gasteiger partial charge is 0.257 e. The van der Waals surface area contributed by atoms with Crippen LogP contribution >= 0.6 is 0 Å². The topological polar surface area (TPSA) is 80.4 Å². The molecule has 0 unspecified atom stereocenters. The number of nitrogens with one attached hydrogen (secondary N) is 1. The highest BCUT2D eigenvalue weighted by Crippen LogP contribution is 2.26. The summed E-state index contributed by atoms with van der Waals surface area (Å²) in [6.07, 6.45) is 4.23. The summed E-state index contributed by atoms with van der Waals surface area (Å²) in [6.45, 7) is 4.97. The zero-order chi connectivity index (χ0) is 20.4. The van der Waals surface area contributed by atoms with E-state index in [0.717, 1.165) is 22.8 Å². The first kappa shape index (κ1) is 19.0. The summed E-state index contributed by atoms with van der Waals surface area (Å²) in [7, 11) is 0. The van der Waals surface area contributed by atoms with Gasteiger partial charge in [0, 0.05) is 19.0 Å². The Morgan fingerprint density at radius 3 is 2.48 bits per heavy atom. The Morgan fingerprint density at radius 2 is 1.83 bits per heavy atom. The Kier molecular flexibility index (Phi) is 5.20. The number of piperidine rings is 1. The number of benzene rings is 1. The predicted octanol–water partition coefficient (Wildman–Crippen LogP) is 3.57. The van der Waals surface area contributed by atoms with Crippen LogP contribution < -0.4 is 5.32 Å². The van der Waals surface area contributed by atoms with E-state index in [1.54, 1.807) is 11.0 Å². The van der Waals surface area contributed by atoms with Gasteiger partial charge in [-0.15, -0.1) is 0 Å². The van der Waals surface area contributed by atoms with Crippen molar-refractivity contribution in [3.05, 3.63) is 65.9 Å². The van der Waals surface area contributed by atoms with Gasteiger partial charge in [-0.25, -0.2) is 4.68 Å². The van der Waals surface area contributed by atoms with Crippen LogP contribution in [0.2, 0.25) is 0 Å². The van der Waals surface area contributed by atoms with Crippen molar-refractivity contribution in [1.29, 1.82) is 0 Å². The number of furan rings is 1. The fraction of sp³-hybridized carbons (Fsp3) is 0.318. The maximum atomic E-state index is 12.9. The van der Waals surface area contributed by atoms with Gasteiger partial charge in [-0.3, -0.25) is 9.59 Å². The number of aromatic nitrogens is 2. The Balaban J connectivity index is 1.41. The van der Waals surface area contributed by atoms with Gasteiger partial charge in [0.1, 0.15) is 6.26 Å². The average molecular weight is 392 g/mol. The van der Waals surface area contributed by atoms with Crippen molar-refractivity contribution in [1.82, 2.24) is 14.7 Å². The Bertz CT molecular complexity index is 1000. The lowest BCUT2D eigenvalue weighted by molar-refractivity contribution is -0.121. The second-order valence-electron chi connectivity index (χ2n) is 7.36. The van der Waals surface area contributed by atoms with E-state index >= 15 is 0 Å². The van der Waals surface area contributed by atoms with Crippen molar-refractivity contribution >= 4 is 17.5 Å². The van der Waals surface area contributed by atoms with Gasteiger partial charge >= 0.3 is 0 Å². The lowest BCUT2D eigenvalue weighted by Crippen LogP contribution is -2.41. The van der Waals surface area contributed by atoms with Crippen LogP contribution in [0, 0.1) is 19.8 Å². The van der Waals surface area contributed by atoms with Crippen molar-refractivity contribution in [3.8, 4) is 5.69 Å². The highest BCUT2D eigenvalue weighted by Gasteiger charge is 2.29. The van der Waals surface area contributed by atoms with E-state index in [9.17, 15) is 9.59 Å². The molecule has 1 N–H and O–H groups in total. The molecule has 0 saturated carbocycles. The molecule has 3 aromatic rings. The first-order valence-corrected chi connectivity index (χ1v) is 9.78. The molecule has 29 heavy (non-hydrogen) atoms. The number of anilines is 1. The van der Waals surface area contributed by atoms with Gasteiger partial charge < -0.3 is 14.6 Å². The molecule has 3 heterocycles. The molecule has 0 bridgehead atoms. The zero-order valence-corrected chi connectivity index (χ0v) is 16.6. The lowest BCUT2D eigenvalue weighted by atomic mass is 9.95. The van der Waals surface area contributed by atoms with E-state index in [0.29, 0.717) is 31.5 Å². The second kappa shape index (κ2) is 7.95. The monoisotopic (exact) mass is 392 g/mol. The quantitative estimate of drug-likeness (QED) is 0.736. The molecule has 7 heteroatoms. The number of hydrogen-bond acceptors (Lipinski definition) is 4. The summed E-state index contributed by atoms with van der Waals surface area (Å²) in [5, 5.41) is 7.65. The summed E-state index contributed by atoms with van der Waals surface area (Å²) >= 11 is 0. The van der Waals surface area contributed by atoms with Crippen LogP contribution in [-0.2, 0) is 4.79 Å². The van der Waals surface area contributed by atoms with Crippen LogP contribution in [0.1, 0.15) is 34.6 Å². The van der Waals surface area contributed by atoms with E-state index in [2.05, 4.69) is 10.4 Å². The van der Waals surface area contributed by atoms with Gasteiger partial charge in [0.15, 0.2) is 0 Å². The molecule has 1 aromatic carbocycles. The molecular weight excluding hydrogens is 368 g/mol. The molecular formula is C22H24N4O3. The minimum atomic E-state index is -0.123. The Hall–Kier alpha value is -3.35. The van der Waals surface area contributed by atoms with Gasteiger partial charge in [-0.05, 0) is 44.9 Å². The fourth-order valence-corrected chi connectivity index (χ4v) is 3.78. The Morgan fingerprint density at radius 1 is 1.10 bits per heavy atom. The molecule has 2 amide bonds. The number of nitrogens with zero attached hydrogens (tertiary/aromatic N) is 3. The number of hydrogen-bond donors (Lipinski definition) is 1. The van der Waals surface area contributed by atoms with E-state index < -0.39 is 0 Å². The number of aryl methyl sites for hydroxylation is 1. The van der Waals surface area contributed by atoms with Crippen molar-refractivity contribution in [3.63, 3.8) is 0 Å². The molecule has 2 aromatic heterocycles. The van der Waals surface area contributed by atoms with Crippen LogP contribution in [0.4, 0.5) is 5.69 Å². The molecule has 0 spiro atoms. The normalized spacial score (nSPS) is 14.8. The van der Waals surface area contributed by atoms with Gasteiger partial charge in [0.25, 0.3) is 5.91 Å². The molecule has 4 rings (SSSR count). The first-order chi connectivity index (χ1) is 14.0. The Labute approximate surface area is 169 Å². The van der Waals surface area contributed by atoms with Gasteiger partial charge in [-0.1, -0.05) is 18.2 Å². The molecule has 1 fully saturated rings. The maximum absolute atomic E-state index is 12.9. The lowest BCUT2D eigenvalue weighted by Gasteiger charge is -2.31. The van der Waals surface area contributed by atoms with Gasteiger partial charge in [0.05, 0.1) is 34.6 Å². The van der Waals surface area contributed by atoms with Crippen molar-refractivity contribution in [2.24, 2.45) is 5.92 Å². The maximum Gasteiger partial charge on any atom is 0.257 e. The molecule has 1 saturated heterocycles. The van der Waals surface area contributed by atoms with Crippen molar-refractivity contribution < 1.29 is 14.0 Å².